The number of piperidine rings is 1. The first kappa shape index (κ1) is 21.3. The van der Waals surface area contributed by atoms with Crippen molar-refractivity contribution in [2.24, 2.45) is 0 Å². The Kier molecular flexibility index (Phi) is 6.87. The number of hydrogen-bond acceptors (Lipinski definition) is 4. The van der Waals surface area contributed by atoms with Crippen LogP contribution in [0.1, 0.15) is 38.2 Å². The highest BCUT2D eigenvalue weighted by molar-refractivity contribution is 7.89. The number of sulfonamides is 1. The molecular weight excluding hydrogens is 390 g/mol. The minimum Gasteiger partial charge on any atom is -0.273 e. The SMILES string of the molecule is CCCS(=O)(=O)N1CCCCC1C(=O)NNC(=O)Cc1cccc2ccccc12. The Balaban J connectivity index is 1.62. The maximum absolute atomic E-state index is 12.6. The lowest BCUT2D eigenvalue weighted by molar-refractivity contribution is -0.131. The van der Waals surface area contributed by atoms with Crippen LogP contribution in [0.4, 0.5) is 0 Å². The zero-order chi connectivity index (χ0) is 20.9. The van der Waals surface area contributed by atoms with Crippen LogP contribution in [0.5, 0.6) is 0 Å². The molecule has 1 saturated heterocycles. The molecule has 1 heterocycles. The molecule has 156 valence electrons. The number of nitrogens with one attached hydrogen (secondary N) is 2. The molecule has 0 radical (unpaired) electrons. The van der Waals surface area contributed by atoms with E-state index in [1.807, 2.05) is 42.5 Å². The van der Waals surface area contributed by atoms with Crippen LogP contribution in [0, 0.1) is 0 Å². The number of hydrazine groups is 1. The average Bonchev–Trinajstić information content (AvgIpc) is 2.72. The fourth-order valence-corrected chi connectivity index (χ4v) is 5.50. The summed E-state index contributed by atoms with van der Waals surface area (Å²) in [6.45, 7) is 2.13. The number of carbonyl (C=O) groups is 2. The first-order chi connectivity index (χ1) is 13.9. The van der Waals surface area contributed by atoms with E-state index in [1.165, 1.54) is 4.31 Å². The Morgan fingerprint density at radius 1 is 1.07 bits per heavy atom. The van der Waals surface area contributed by atoms with Gasteiger partial charge in [0.05, 0.1) is 12.2 Å². The summed E-state index contributed by atoms with van der Waals surface area (Å²) in [5.74, 6) is -0.825. The molecule has 1 aliphatic heterocycles. The molecule has 8 heteroatoms. The largest absolute Gasteiger partial charge is 0.273 e. The number of amides is 2. The topological polar surface area (TPSA) is 95.6 Å². The Morgan fingerprint density at radius 3 is 2.62 bits per heavy atom. The molecule has 0 bridgehead atoms. The van der Waals surface area contributed by atoms with Gasteiger partial charge in [0.25, 0.3) is 5.91 Å². The van der Waals surface area contributed by atoms with E-state index in [0.717, 1.165) is 29.2 Å². The maximum Gasteiger partial charge on any atom is 0.256 e. The highest BCUT2D eigenvalue weighted by atomic mass is 32.2. The molecule has 0 aliphatic carbocycles. The van der Waals surface area contributed by atoms with Crippen LogP contribution < -0.4 is 10.9 Å². The van der Waals surface area contributed by atoms with Crippen molar-refractivity contribution in [3.8, 4) is 0 Å². The Bertz CT molecular complexity index is 985. The summed E-state index contributed by atoms with van der Waals surface area (Å²) < 4.78 is 26.2. The molecule has 0 saturated carbocycles. The van der Waals surface area contributed by atoms with Crippen LogP contribution in [-0.2, 0) is 26.0 Å². The summed E-state index contributed by atoms with van der Waals surface area (Å²) in [5.41, 5.74) is 5.72. The van der Waals surface area contributed by atoms with Gasteiger partial charge in [0, 0.05) is 6.54 Å². The third-order valence-electron chi connectivity index (χ3n) is 5.13. The van der Waals surface area contributed by atoms with Gasteiger partial charge in [0.2, 0.25) is 15.9 Å². The Morgan fingerprint density at radius 2 is 1.83 bits per heavy atom. The fraction of sp³-hybridized carbons (Fsp3) is 0.429. The second kappa shape index (κ2) is 9.37. The fourth-order valence-electron chi connectivity index (χ4n) is 3.75. The highest BCUT2D eigenvalue weighted by Gasteiger charge is 2.36. The molecule has 1 atom stereocenters. The van der Waals surface area contributed by atoms with Crippen LogP contribution in [-0.4, -0.2) is 42.9 Å². The molecule has 1 unspecified atom stereocenters. The van der Waals surface area contributed by atoms with Crippen LogP contribution in [0.3, 0.4) is 0 Å². The van der Waals surface area contributed by atoms with Gasteiger partial charge in [-0.15, -0.1) is 0 Å². The van der Waals surface area contributed by atoms with Gasteiger partial charge in [-0.25, -0.2) is 8.42 Å². The standard InChI is InChI=1S/C21H27N3O4S/c1-2-14-29(27,28)24-13-6-5-12-19(24)21(26)23-22-20(25)15-17-10-7-9-16-8-3-4-11-18(16)17/h3-4,7-11,19H,2,5-6,12-15H2,1H3,(H,22,25)(H,23,26). The van der Waals surface area contributed by atoms with Crippen molar-refractivity contribution in [3.63, 3.8) is 0 Å². The molecule has 3 rings (SSSR count). The monoisotopic (exact) mass is 417 g/mol. The average molecular weight is 418 g/mol. The second-order valence-electron chi connectivity index (χ2n) is 7.29. The normalized spacial score (nSPS) is 17.8. The van der Waals surface area contributed by atoms with Crippen LogP contribution in [0.25, 0.3) is 10.8 Å². The van der Waals surface area contributed by atoms with Gasteiger partial charge in [-0.1, -0.05) is 55.8 Å². The lowest BCUT2D eigenvalue weighted by Gasteiger charge is -2.33. The lowest BCUT2D eigenvalue weighted by atomic mass is 10.0. The zero-order valence-corrected chi connectivity index (χ0v) is 17.4. The third kappa shape index (κ3) is 5.13. The number of hydrogen-bond donors (Lipinski definition) is 2. The summed E-state index contributed by atoms with van der Waals surface area (Å²) in [5, 5.41) is 2.03. The van der Waals surface area contributed by atoms with Crippen LogP contribution >= 0.6 is 0 Å². The molecule has 1 aliphatic rings. The molecule has 1 fully saturated rings. The number of fused-ring (bicyclic) bond motifs is 1. The molecule has 2 aromatic carbocycles. The van der Waals surface area contributed by atoms with E-state index >= 15 is 0 Å². The lowest BCUT2D eigenvalue weighted by Crippen LogP contribution is -2.55. The van der Waals surface area contributed by atoms with E-state index in [4.69, 9.17) is 0 Å². The van der Waals surface area contributed by atoms with Gasteiger partial charge in [-0.05, 0) is 35.6 Å². The number of nitrogens with zero attached hydrogens (tertiary/aromatic N) is 1. The molecule has 2 amide bonds. The third-order valence-corrected chi connectivity index (χ3v) is 7.21. The predicted octanol–water partition coefficient (Wildman–Crippen LogP) is 2.12. The first-order valence-corrected chi connectivity index (χ1v) is 11.6. The number of benzene rings is 2. The van der Waals surface area contributed by atoms with Gasteiger partial charge >= 0.3 is 0 Å². The Labute approximate surface area is 171 Å². The second-order valence-corrected chi connectivity index (χ2v) is 9.33. The summed E-state index contributed by atoms with van der Waals surface area (Å²) >= 11 is 0. The Hall–Kier alpha value is -2.45. The molecule has 0 aromatic heterocycles. The van der Waals surface area contributed by atoms with Gasteiger partial charge < -0.3 is 0 Å². The van der Waals surface area contributed by atoms with Gasteiger partial charge in [-0.3, -0.25) is 20.4 Å². The van der Waals surface area contributed by atoms with Gasteiger partial charge in [0.15, 0.2) is 0 Å². The van der Waals surface area contributed by atoms with Crippen molar-refractivity contribution in [3.05, 3.63) is 48.0 Å². The summed E-state index contributed by atoms with van der Waals surface area (Å²) in [6, 6.07) is 12.8. The number of rotatable bonds is 6. The van der Waals surface area contributed by atoms with Crippen LogP contribution in [0.2, 0.25) is 0 Å². The molecule has 7 nitrogen and oxygen atoms in total. The van der Waals surface area contributed by atoms with E-state index in [2.05, 4.69) is 10.9 Å². The summed E-state index contributed by atoms with van der Waals surface area (Å²) in [4.78, 5) is 25.0. The van der Waals surface area contributed by atoms with Crippen molar-refractivity contribution < 1.29 is 18.0 Å². The zero-order valence-electron chi connectivity index (χ0n) is 16.6. The number of carbonyl (C=O) groups excluding carboxylic acids is 2. The van der Waals surface area contributed by atoms with Gasteiger partial charge in [0.1, 0.15) is 6.04 Å². The molecule has 29 heavy (non-hydrogen) atoms. The van der Waals surface area contributed by atoms with Crippen LogP contribution in [0.15, 0.2) is 42.5 Å². The molecule has 2 N–H and O–H groups in total. The quantitative estimate of drug-likeness (QED) is 0.704. The van der Waals surface area contributed by atoms with E-state index in [-0.39, 0.29) is 18.1 Å². The first-order valence-electron chi connectivity index (χ1n) is 9.97. The van der Waals surface area contributed by atoms with E-state index in [1.54, 1.807) is 6.92 Å². The van der Waals surface area contributed by atoms with Crippen molar-refractivity contribution in [1.82, 2.24) is 15.2 Å². The van der Waals surface area contributed by atoms with Crippen molar-refractivity contribution in [1.29, 1.82) is 0 Å². The predicted molar refractivity (Wildman–Crippen MR) is 112 cm³/mol. The molecule has 2 aromatic rings. The van der Waals surface area contributed by atoms with E-state index in [0.29, 0.717) is 19.4 Å². The van der Waals surface area contributed by atoms with Crippen molar-refractivity contribution in [2.75, 3.05) is 12.3 Å². The van der Waals surface area contributed by atoms with Crippen molar-refractivity contribution in [2.45, 2.75) is 45.1 Å². The van der Waals surface area contributed by atoms with E-state index in [9.17, 15) is 18.0 Å². The minimum absolute atomic E-state index is 0.0181. The van der Waals surface area contributed by atoms with Gasteiger partial charge in [-0.2, -0.15) is 4.31 Å². The van der Waals surface area contributed by atoms with Crippen molar-refractivity contribution >= 4 is 32.6 Å². The minimum atomic E-state index is -3.48. The summed E-state index contributed by atoms with van der Waals surface area (Å²) in [7, 11) is -3.48. The molecule has 0 spiro atoms. The van der Waals surface area contributed by atoms with E-state index < -0.39 is 22.0 Å². The highest BCUT2D eigenvalue weighted by Crippen LogP contribution is 2.21. The maximum atomic E-state index is 12.6. The molecular formula is C21H27N3O4S. The summed E-state index contributed by atoms with van der Waals surface area (Å²) in [6.07, 6.45) is 2.58. The smallest absolute Gasteiger partial charge is 0.256 e.